The van der Waals surface area contributed by atoms with E-state index in [1.807, 2.05) is 0 Å². The number of hydrogen-bond acceptors (Lipinski definition) is 0. The van der Waals surface area contributed by atoms with Gasteiger partial charge in [-0.2, -0.15) is 0 Å². The smallest absolute Gasteiger partial charge is 0.237 e. The highest BCUT2D eigenvalue weighted by Gasteiger charge is 2.11. The van der Waals surface area contributed by atoms with Gasteiger partial charge in [-0.05, 0) is 32.6 Å². The van der Waals surface area contributed by atoms with Crippen LogP contribution in [0.25, 0.3) is 0 Å². The second kappa shape index (κ2) is 20.1. The summed E-state index contributed by atoms with van der Waals surface area (Å²) >= 11 is 0. The maximum absolute atomic E-state index is 2.43. The van der Waals surface area contributed by atoms with Crippen molar-refractivity contribution in [2.75, 3.05) is 0 Å². The van der Waals surface area contributed by atoms with Crippen LogP contribution in [0.5, 0.6) is 0 Å². The lowest BCUT2D eigenvalue weighted by atomic mass is 10.0. The number of imidazole rings is 1. The second-order valence-electron chi connectivity index (χ2n) is 9.75. The van der Waals surface area contributed by atoms with Gasteiger partial charge in [0.2, 0.25) is 6.33 Å². The summed E-state index contributed by atoms with van der Waals surface area (Å²) in [7, 11) is 0. The zero-order valence-corrected chi connectivity index (χ0v) is 21.1. The van der Waals surface area contributed by atoms with Crippen molar-refractivity contribution in [3.05, 3.63) is 18.7 Å². The van der Waals surface area contributed by atoms with Crippen molar-refractivity contribution in [3.8, 4) is 0 Å². The number of aromatic nitrogens is 2. The molecule has 0 radical (unpaired) electrons. The molecule has 0 bridgehead atoms. The number of hydrogen-bond donors (Lipinski definition) is 0. The van der Waals surface area contributed by atoms with Gasteiger partial charge < -0.3 is 0 Å². The van der Waals surface area contributed by atoms with Crippen LogP contribution in [0.4, 0.5) is 0 Å². The Morgan fingerprint density at radius 1 is 0.600 bits per heavy atom. The predicted molar refractivity (Wildman–Crippen MR) is 133 cm³/mol. The Hall–Kier alpha value is -0.790. The fraction of sp³-hybridized carbons (Fsp3) is 0.893. The number of aryl methyl sites for hydroxylation is 1. The van der Waals surface area contributed by atoms with Crippen molar-refractivity contribution in [3.63, 3.8) is 0 Å². The van der Waals surface area contributed by atoms with Crippen LogP contribution in [0.2, 0.25) is 0 Å². The third-order valence-corrected chi connectivity index (χ3v) is 6.72. The average Bonchev–Trinajstić information content (AvgIpc) is 3.23. The molecule has 1 atom stereocenters. The van der Waals surface area contributed by atoms with Gasteiger partial charge in [0.05, 0.1) is 12.6 Å². The van der Waals surface area contributed by atoms with Gasteiger partial charge in [0.1, 0.15) is 12.4 Å². The monoisotopic (exact) mass is 419 g/mol. The summed E-state index contributed by atoms with van der Waals surface area (Å²) in [5.74, 6) is 0. The van der Waals surface area contributed by atoms with Crippen LogP contribution in [0, 0.1) is 0 Å². The van der Waals surface area contributed by atoms with E-state index in [1.54, 1.807) is 0 Å². The Bertz CT molecular complexity index is 465. The summed E-state index contributed by atoms with van der Waals surface area (Å²) in [4.78, 5) is 0. The maximum atomic E-state index is 2.43. The van der Waals surface area contributed by atoms with Gasteiger partial charge >= 0.3 is 0 Å². The van der Waals surface area contributed by atoms with E-state index in [1.165, 1.54) is 135 Å². The molecule has 1 heterocycles. The Labute approximate surface area is 189 Å². The average molecular weight is 420 g/mol. The largest absolute Gasteiger partial charge is 0.243 e. The van der Waals surface area contributed by atoms with E-state index in [-0.39, 0.29) is 0 Å². The van der Waals surface area contributed by atoms with Crippen LogP contribution in [0.1, 0.15) is 155 Å². The highest BCUT2D eigenvalue weighted by atomic mass is 15.1. The van der Waals surface area contributed by atoms with Crippen molar-refractivity contribution in [2.45, 2.75) is 162 Å². The topological polar surface area (TPSA) is 8.81 Å². The molecule has 1 unspecified atom stereocenters. The highest BCUT2D eigenvalue weighted by molar-refractivity contribution is 4.67. The molecule has 1 aromatic rings. The summed E-state index contributed by atoms with van der Waals surface area (Å²) in [6.07, 6.45) is 35.2. The van der Waals surface area contributed by atoms with Gasteiger partial charge in [0, 0.05) is 0 Å². The first kappa shape index (κ1) is 27.2. The van der Waals surface area contributed by atoms with E-state index in [4.69, 9.17) is 0 Å². The van der Waals surface area contributed by atoms with Gasteiger partial charge in [-0.15, -0.1) is 0 Å². The molecule has 0 aliphatic carbocycles. The van der Waals surface area contributed by atoms with Crippen molar-refractivity contribution < 1.29 is 4.57 Å². The minimum absolute atomic E-state index is 0.642. The molecule has 2 heteroatoms. The standard InChI is InChI=1S/C28H55N2/c1-4-6-8-10-12-14-15-17-19-21-23-28(3)30-26-25-29(27-30)24-22-20-18-16-13-11-9-7-5-2/h25-28H,4-24H2,1-3H3/q+1. The zero-order valence-electron chi connectivity index (χ0n) is 21.1. The second-order valence-corrected chi connectivity index (χ2v) is 9.75. The van der Waals surface area contributed by atoms with Crippen LogP contribution in [0.3, 0.4) is 0 Å². The SMILES string of the molecule is CCCCCCCCCCCCC(C)[n+]1ccn(CCCCCCCCCCC)c1. The summed E-state index contributed by atoms with van der Waals surface area (Å²) in [6.45, 7) is 8.17. The quantitative estimate of drug-likeness (QED) is 0.131. The van der Waals surface area contributed by atoms with Gasteiger partial charge in [-0.25, -0.2) is 9.13 Å². The van der Waals surface area contributed by atoms with Gasteiger partial charge in [0.15, 0.2) is 0 Å². The molecule has 30 heavy (non-hydrogen) atoms. The molecule has 2 nitrogen and oxygen atoms in total. The molecular formula is C28H55N2+. The highest BCUT2D eigenvalue weighted by Crippen LogP contribution is 2.14. The van der Waals surface area contributed by atoms with E-state index in [9.17, 15) is 0 Å². The zero-order chi connectivity index (χ0) is 21.7. The van der Waals surface area contributed by atoms with Crippen molar-refractivity contribution in [1.29, 1.82) is 0 Å². The minimum atomic E-state index is 0.642. The van der Waals surface area contributed by atoms with Crippen LogP contribution in [-0.4, -0.2) is 4.57 Å². The first-order valence-corrected chi connectivity index (χ1v) is 13.8. The molecule has 0 spiro atoms. The van der Waals surface area contributed by atoms with Crippen LogP contribution in [0.15, 0.2) is 18.7 Å². The number of nitrogens with zero attached hydrogens (tertiary/aromatic N) is 2. The molecule has 0 fully saturated rings. The van der Waals surface area contributed by atoms with Crippen LogP contribution >= 0.6 is 0 Å². The third-order valence-electron chi connectivity index (χ3n) is 6.72. The van der Waals surface area contributed by atoms with E-state index < -0.39 is 0 Å². The molecule has 0 aliphatic heterocycles. The van der Waals surface area contributed by atoms with Crippen molar-refractivity contribution in [2.24, 2.45) is 0 Å². The van der Waals surface area contributed by atoms with E-state index in [0.29, 0.717) is 6.04 Å². The number of unbranched alkanes of at least 4 members (excludes halogenated alkanes) is 17. The summed E-state index contributed by atoms with van der Waals surface area (Å²) in [5.41, 5.74) is 0. The van der Waals surface area contributed by atoms with E-state index in [0.717, 1.165) is 0 Å². The molecular weight excluding hydrogens is 364 g/mol. The third kappa shape index (κ3) is 15.1. The van der Waals surface area contributed by atoms with E-state index >= 15 is 0 Å². The maximum Gasteiger partial charge on any atom is 0.243 e. The fourth-order valence-electron chi connectivity index (χ4n) is 4.49. The van der Waals surface area contributed by atoms with Gasteiger partial charge in [-0.3, -0.25) is 0 Å². The Kier molecular flexibility index (Phi) is 18.3. The predicted octanol–water partition coefficient (Wildman–Crippen LogP) is 9.18. The van der Waals surface area contributed by atoms with Crippen LogP contribution in [-0.2, 0) is 6.54 Å². The lowest BCUT2D eigenvalue weighted by Gasteiger charge is -2.08. The van der Waals surface area contributed by atoms with Crippen molar-refractivity contribution in [1.82, 2.24) is 4.57 Å². The summed E-state index contributed by atoms with van der Waals surface area (Å²) < 4.78 is 4.83. The van der Waals surface area contributed by atoms with Gasteiger partial charge in [0.25, 0.3) is 0 Å². The minimum Gasteiger partial charge on any atom is -0.237 e. The molecule has 0 saturated carbocycles. The van der Waals surface area contributed by atoms with Crippen molar-refractivity contribution >= 4 is 0 Å². The van der Waals surface area contributed by atoms with Gasteiger partial charge in [-0.1, -0.05) is 117 Å². The molecule has 1 aromatic heterocycles. The molecule has 0 N–H and O–H groups in total. The first-order chi connectivity index (χ1) is 14.8. The molecule has 176 valence electrons. The Balaban J connectivity index is 1.97. The lowest BCUT2D eigenvalue weighted by molar-refractivity contribution is -0.720. The fourth-order valence-corrected chi connectivity index (χ4v) is 4.49. The Morgan fingerprint density at radius 2 is 1.03 bits per heavy atom. The summed E-state index contributed by atoms with van der Waals surface area (Å²) in [5, 5.41) is 0. The Morgan fingerprint density at radius 3 is 1.53 bits per heavy atom. The molecule has 0 saturated heterocycles. The molecule has 1 rings (SSSR count). The van der Waals surface area contributed by atoms with E-state index in [2.05, 4.69) is 48.6 Å². The van der Waals surface area contributed by atoms with Crippen LogP contribution < -0.4 is 4.57 Å². The normalized spacial score (nSPS) is 12.5. The molecule has 0 amide bonds. The summed E-state index contributed by atoms with van der Waals surface area (Å²) in [6, 6.07) is 0.642. The molecule has 0 aliphatic rings. The first-order valence-electron chi connectivity index (χ1n) is 13.8. The molecule has 0 aromatic carbocycles. The number of rotatable bonds is 22. The lowest BCUT2D eigenvalue weighted by Crippen LogP contribution is -2.35.